The molecule has 0 saturated heterocycles. The van der Waals surface area contributed by atoms with Crippen LogP contribution < -0.4 is 5.32 Å². The number of esters is 1. The second kappa shape index (κ2) is 7.83. The molecule has 0 spiro atoms. The Morgan fingerprint density at radius 1 is 1.26 bits per heavy atom. The molecule has 0 bridgehead atoms. The summed E-state index contributed by atoms with van der Waals surface area (Å²) in [5.41, 5.74) is 0.499. The van der Waals surface area contributed by atoms with Crippen LogP contribution in [0.15, 0.2) is 12.1 Å². The summed E-state index contributed by atoms with van der Waals surface area (Å²) in [4.78, 5) is 11.8. The normalized spacial score (nSPS) is 12.1. The lowest BCUT2D eigenvalue weighted by Gasteiger charge is -2.19. The lowest BCUT2D eigenvalue weighted by atomic mass is 10.1. The van der Waals surface area contributed by atoms with Crippen LogP contribution in [0.4, 0.5) is 5.69 Å². The molecule has 0 aliphatic heterocycles. The molecule has 1 aromatic rings. The fraction of sp³-hybridized carbons (Fsp3) is 0.462. The third-order valence-corrected chi connectivity index (χ3v) is 3.29. The molecular weight excluding hydrogens is 309 g/mol. The summed E-state index contributed by atoms with van der Waals surface area (Å²) in [7, 11) is 0. The molecule has 0 fully saturated rings. The number of rotatable bonds is 6. The molecule has 0 aliphatic rings. The number of nitrogens with one attached hydrogen (secondary N) is 1. The van der Waals surface area contributed by atoms with E-state index >= 15 is 0 Å². The molecule has 0 aromatic heterocycles. The van der Waals surface area contributed by atoms with Crippen LogP contribution in [0.25, 0.3) is 0 Å². The molecule has 1 aromatic carbocycles. The topological polar surface area (TPSA) is 38.3 Å². The van der Waals surface area contributed by atoms with Crippen molar-refractivity contribution in [3.8, 4) is 0 Å². The van der Waals surface area contributed by atoms with E-state index in [2.05, 4.69) is 5.32 Å². The molecule has 0 heterocycles. The fourth-order valence-electron chi connectivity index (χ4n) is 1.63. The Morgan fingerprint density at radius 3 is 2.32 bits per heavy atom. The van der Waals surface area contributed by atoms with Crippen molar-refractivity contribution < 1.29 is 9.53 Å². The minimum absolute atomic E-state index is 0.313. The van der Waals surface area contributed by atoms with Crippen LogP contribution in [0.3, 0.4) is 0 Å². The predicted molar refractivity (Wildman–Crippen MR) is 80.4 cm³/mol. The smallest absolute Gasteiger partial charge is 0.328 e. The Labute approximate surface area is 128 Å². The third-order valence-electron chi connectivity index (χ3n) is 2.47. The van der Waals surface area contributed by atoms with E-state index in [1.54, 1.807) is 19.1 Å². The van der Waals surface area contributed by atoms with Gasteiger partial charge in [0.15, 0.2) is 0 Å². The van der Waals surface area contributed by atoms with Gasteiger partial charge in [0.1, 0.15) is 6.04 Å². The molecule has 0 saturated carbocycles. The largest absolute Gasteiger partial charge is 0.464 e. The van der Waals surface area contributed by atoms with E-state index in [-0.39, 0.29) is 5.97 Å². The highest BCUT2D eigenvalue weighted by Gasteiger charge is 2.21. The van der Waals surface area contributed by atoms with Crippen molar-refractivity contribution in [1.82, 2.24) is 0 Å². The van der Waals surface area contributed by atoms with E-state index in [1.807, 2.05) is 6.92 Å². The van der Waals surface area contributed by atoms with E-state index in [9.17, 15) is 4.79 Å². The van der Waals surface area contributed by atoms with E-state index in [1.165, 1.54) is 0 Å². The van der Waals surface area contributed by atoms with Gasteiger partial charge in [-0.25, -0.2) is 4.79 Å². The van der Waals surface area contributed by atoms with Gasteiger partial charge in [-0.2, -0.15) is 0 Å². The number of carbonyl (C=O) groups excluding carboxylic acids is 1. The fourth-order valence-corrected chi connectivity index (χ4v) is 2.56. The van der Waals surface area contributed by atoms with Crippen molar-refractivity contribution in [2.75, 3.05) is 11.9 Å². The highest BCUT2D eigenvalue weighted by atomic mass is 35.5. The van der Waals surface area contributed by atoms with Crippen molar-refractivity contribution in [2.24, 2.45) is 0 Å². The summed E-state index contributed by atoms with van der Waals surface area (Å²) < 4.78 is 5.02. The standard InChI is InChI=1S/C13H16Cl3NO2/c1-3-5-11(13(18)19-4-2)17-12-9(15)6-8(14)7-10(12)16/h6-7,11,17H,3-5H2,1-2H3. The summed E-state index contributed by atoms with van der Waals surface area (Å²) in [6.45, 7) is 4.09. The number of carbonyl (C=O) groups is 1. The van der Waals surface area contributed by atoms with Gasteiger partial charge < -0.3 is 10.1 Å². The highest BCUT2D eigenvalue weighted by Crippen LogP contribution is 2.34. The van der Waals surface area contributed by atoms with Crippen LogP contribution in [0.5, 0.6) is 0 Å². The van der Waals surface area contributed by atoms with Crippen molar-refractivity contribution >= 4 is 46.5 Å². The average molecular weight is 325 g/mol. The van der Waals surface area contributed by atoms with Gasteiger partial charge in [0, 0.05) is 5.02 Å². The zero-order valence-electron chi connectivity index (χ0n) is 10.8. The average Bonchev–Trinajstić information content (AvgIpc) is 2.32. The highest BCUT2D eigenvalue weighted by molar-refractivity contribution is 6.41. The predicted octanol–water partition coefficient (Wildman–Crippen LogP) is 4.79. The summed E-state index contributed by atoms with van der Waals surface area (Å²) in [5, 5.41) is 4.23. The maximum atomic E-state index is 11.8. The van der Waals surface area contributed by atoms with Crippen LogP contribution in [-0.2, 0) is 9.53 Å². The first-order valence-electron chi connectivity index (χ1n) is 6.07. The molecule has 1 atom stereocenters. The molecule has 3 nitrogen and oxygen atoms in total. The van der Waals surface area contributed by atoms with E-state index in [0.717, 1.165) is 6.42 Å². The molecule has 6 heteroatoms. The lowest BCUT2D eigenvalue weighted by Crippen LogP contribution is -2.31. The van der Waals surface area contributed by atoms with Crippen molar-refractivity contribution in [1.29, 1.82) is 0 Å². The zero-order valence-corrected chi connectivity index (χ0v) is 13.1. The van der Waals surface area contributed by atoms with Crippen LogP contribution in [-0.4, -0.2) is 18.6 Å². The Morgan fingerprint density at radius 2 is 1.84 bits per heavy atom. The van der Waals surface area contributed by atoms with Gasteiger partial charge >= 0.3 is 5.97 Å². The molecule has 0 aliphatic carbocycles. The van der Waals surface area contributed by atoms with Gasteiger partial charge in [0.25, 0.3) is 0 Å². The van der Waals surface area contributed by atoms with Gasteiger partial charge in [-0.05, 0) is 25.5 Å². The van der Waals surface area contributed by atoms with Crippen molar-refractivity contribution in [3.63, 3.8) is 0 Å². The number of benzene rings is 1. The number of anilines is 1. The first kappa shape index (κ1) is 16.4. The Balaban J connectivity index is 2.93. The van der Waals surface area contributed by atoms with Gasteiger partial charge in [0.2, 0.25) is 0 Å². The number of ether oxygens (including phenoxy) is 1. The molecule has 1 unspecified atom stereocenters. The molecule has 1 N–H and O–H groups in total. The Kier molecular flexibility index (Phi) is 6.76. The molecular formula is C13H16Cl3NO2. The molecule has 0 amide bonds. The maximum Gasteiger partial charge on any atom is 0.328 e. The van der Waals surface area contributed by atoms with Crippen molar-refractivity contribution in [2.45, 2.75) is 32.7 Å². The summed E-state index contributed by atoms with van der Waals surface area (Å²) in [5.74, 6) is -0.313. The van der Waals surface area contributed by atoms with Crippen LogP contribution in [0.1, 0.15) is 26.7 Å². The summed E-state index contributed by atoms with van der Waals surface area (Å²) >= 11 is 18.0. The number of hydrogen-bond acceptors (Lipinski definition) is 3. The Bertz CT molecular complexity index is 429. The van der Waals surface area contributed by atoms with Crippen LogP contribution >= 0.6 is 34.8 Å². The third kappa shape index (κ3) is 4.75. The molecule has 0 radical (unpaired) electrons. The van der Waals surface area contributed by atoms with Gasteiger partial charge in [-0.3, -0.25) is 0 Å². The molecule has 1 rings (SSSR count). The second-order valence-corrected chi connectivity index (χ2v) is 5.23. The molecule has 106 valence electrons. The monoisotopic (exact) mass is 323 g/mol. The van der Waals surface area contributed by atoms with Gasteiger partial charge in [0.05, 0.1) is 22.3 Å². The van der Waals surface area contributed by atoms with Crippen LogP contribution in [0, 0.1) is 0 Å². The number of hydrogen-bond donors (Lipinski definition) is 1. The summed E-state index contributed by atoms with van der Waals surface area (Å²) in [6, 6.07) is 2.68. The first-order valence-corrected chi connectivity index (χ1v) is 7.20. The maximum absolute atomic E-state index is 11.8. The zero-order chi connectivity index (χ0) is 14.4. The van der Waals surface area contributed by atoms with Crippen LogP contribution in [0.2, 0.25) is 15.1 Å². The van der Waals surface area contributed by atoms with Gasteiger partial charge in [-0.15, -0.1) is 0 Å². The SMILES string of the molecule is CCCC(Nc1c(Cl)cc(Cl)cc1Cl)C(=O)OCC. The first-order chi connectivity index (χ1) is 8.99. The van der Waals surface area contributed by atoms with Gasteiger partial charge in [-0.1, -0.05) is 48.1 Å². The Hall–Kier alpha value is -0.640. The summed E-state index contributed by atoms with van der Waals surface area (Å²) in [6.07, 6.45) is 1.47. The number of halogens is 3. The molecule has 19 heavy (non-hydrogen) atoms. The minimum atomic E-state index is -0.471. The lowest BCUT2D eigenvalue weighted by molar-refractivity contribution is -0.144. The second-order valence-electron chi connectivity index (χ2n) is 3.98. The van der Waals surface area contributed by atoms with E-state index in [0.29, 0.717) is 33.8 Å². The van der Waals surface area contributed by atoms with E-state index in [4.69, 9.17) is 39.5 Å². The van der Waals surface area contributed by atoms with Crippen molar-refractivity contribution in [3.05, 3.63) is 27.2 Å². The van der Waals surface area contributed by atoms with E-state index < -0.39 is 6.04 Å². The quantitative estimate of drug-likeness (QED) is 0.765. The minimum Gasteiger partial charge on any atom is -0.464 e.